The number of hydrogen-bond acceptors (Lipinski definition) is 9. The molecule has 4 N–H and O–H groups in total. The summed E-state index contributed by atoms with van der Waals surface area (Å²) < 4.78 is 0. The lowest BCUT2D eigenvalue weighted by atomic mass is 9.81. The molecule has 1 atom stereocenters. The van der Waals surface area contributed by atoms with Gasteiger partial charge in [0.15, 0.2) is 0 Å². The van der Waals surface area contributed by atoms with E-state index < -0.39 is 18.2 Å². The molecule has 1 aromatic carbocycles. The molecule has 0 aliphatic rings. The molecule has 10 nitrogen and oxygen atoms in total. The van der Waals surface area contributed by atoms with E-state index in [4.69, 9.17) is 0 Å². The molecule has 42 heavy (non-hydrogen) atoms. The van der Waals surface area contributed by atoms with E-state index in [0.29, 0.717) is 43.1 Å². The van der Waals surface area contributed by atoms with Gasteiger partial charge in [-0.3, -0.25) is 24.6 Å². The molecule has 0 saturated heterocycles. The van der Waals surface area contributed by atoms with Crippen LogP contribution >= 0.6 is 11.8 Å². The lowest BCUT2D eigenvalue weighted by Gasteiger charge is -2.21. The molecule has 0 fully saturated rings. The molecule has 0 saturated carbocycles. The first-order valence-electron chi connectivity index (χ1n) is 13.4. The van der Waals surface area contributed by atoms with Crippen LogP contribution in [-0.4, -0.2) is 71.4 Å². The maximum absolute atomic E-state index is 12.7. The molecule has 0 aliphatic heterocycles. The summed E-state index contributed by atoms with van der Waals surface area (Å²) in [5.74, 6) is -0.875. The number of carbonyl (C=O) groups excluding carboxylic acids is 1. The first-order chi connectivity index (χ1) is 20.4. The molecule has 0 aliphatic carbocycles. The zero-order valence-corrected chi connectivity index (χ0v) is 23.7. The Labute approximate surface area is 249 Å². The van der Waals surface area contributed by atoms with E-state index in [2.05, 4.69) is 25.2 Å². The number of thioether (sulfide) groups is 1. The number of pyridine rings is 3. The Morgan fingerprint density at radius 2 is 1.50 bits per heavy atom. The van der Waals surface area contributed by atoms with Crippen molar-refractivity contribution in [1.29, 1.82) is 0 Å². The van der Waals surface area contributed by atoms with Crippen molar-refractivity contribution in [1.82, 2.24) is 25.2 Å². The number of nitrogens with one attached hydrogen (secondary N) is 1. The second-order valence-corrected chi connectivity index (χ2v) is 11.0. The Balaban J connectivity index is 1.28. The van der Waals surface area contributed by atoms with E-state index in [-0.39, 0.29) is 17.9 Å². The van der Waals surface area contributed by atoms with Gasteiger partial charge in [0.05, 0.1) is 28.2 Å². The van der Waals surface area contributed by atoms with Gasteiger partial charge in [-0.1, -0.05) is 24.3 Å². The molecular weight excluding hydrogens is 553 g/mol. The number of benzene rings is 1. The van der Waals surface area contributed by atoms with Crippen molar-refractivity contribution < 1.29 is 24.7 Å². The molecule has 3 heterocycles. The van der Waals surface area contributed by atoms with Crippen molar-refractivity contribution in [3.63, 3.8) is 0 Å². The number of nitrogens with zero attached hydrogens (tertiary/aromatic N) is 4. The number of carbonyl (C=O) groups is 2. The van der Waals surface area contributed by atoms with Gasteiger partial charge in [0.2, 0.25) is 0 Å². The van der Waals surface area contributed by atoms with Crippen molar-refractivity contribution in [2.24, 2.45) is 0 Å². The summed E-state index contributed by atoms with van der Waals surface area (Å²) >= 11 is 1.29. The van der Waals surface area contributed by atoms with Crippen molar-refractivity contribution in [2.45, 2.75) is 31.2 Å². The molecule has 216 valence electrons. The van der Waals surface area contributed by atoms with Crippen LogP contribution in [0.1, 0.15) is 43.4 Å². The highest BCUT2D eigenvalue weighted by atomic mass is 32.2. The minimum absolute atomic E-state index is 0.143. The van der Waals surface area contributed by atoms with Gasteiger partial charge >= 0.3 is 13.1 Å². The fourth-order valence-corrected chi connectivity index (χ4v) is 5.29. The maximum atomic E-state index is 12.7. The van der Waals surface area contributed by atoms with Gasteiger partial charge in [0.1, 0.15) is 0 Å². The smallest absolute Gasteiger partial charge is 0.465 e. The van der Waals surface area contributed by atoms with Crippen LogP contribution in [0, 0.1) is 0 Å². The van der Waals surface area contributed by atoms with E-state index in [0.717, 1.165) is 17.1 Å². The summed E-state index contributed by atoms with van der Waals surface area (Å²) in [7, 11) is -1.59. The molecule has 1 unspecified atom stereocenters. The third kappa shape index (κ3) is 9.77. The topological polar surface area (TPSA) is 149 Å². The Kier molecular flexibility index (Phi) is 11.6. The van der Waals surface area contributed by atoms with Gasteiger partial charge in [-0.15, -0.1) is 0 Å². The highest BCUT2D eigenvalue weighted by molar-refractivity contribution is 8.01. The predicted octanol–water partition coefficient (Wildman–Crippen LogP) is 2.86. The first-order valence-corrected chi connectivity index (χ1v) is 14.5. The molecule has 12 heteroatoms. The van der Waals surface area contributed by atoms with Gasteiger partial charge in [-0.05, 0) is 60.5 Å². The summed E-state index contributed by atoms with van der Waals surface area (Å²) in [6.07, 6.45) is 5.36. The monoisotopic (exact) mass is 585 g/mol. The van der Waals surface area contributed by atoms with E-state index in [1.165, 1.54) is 23.9 Å². The van der Waals surface area contributed by atoms with Gasteiger partial charge in [-0.25, -0.2) is 4.79 Å². The number of hydrogen-bond donors (Lipinski definition) is 4. The number of carboxylic acids is 1. The normalized spacial score (nSPS) is 11.7. The second-order valence-electron chi connectivity index (χ2n) is 9.61. The lowest BCUT2D eigenvalue weighted by molar-refractivity contribution is 0.0696. The van der Waals surface area contributed by atoms with Crippen LogP contribution in [0.4, 0.5) is 0 Å². The minimum Gasteiger partial charge on any atom is -0.478 e. The number of rotatable bonds is 15. The molecule has 4 aromatic rings. The summed E-state index contributed by atoms with van der Waals surface area (Å²) in [5, 5.41) is 31.1. The van der Waals surface area contributed by atoms with Crippen LogP contribution < -0.4 is 5.32 Å². The average Bonchev–Trinajstić information content (AvgIpc) is 3.00. The van der Waals surface area contributed by atoms with Crippen LogP contribution in [-0.2, 0) is 26.1 Å². The molecule has 0 spiro atoms. The number of carboxylic acid groups (broad SMARTS) is 1. The largest absolute Gasteiger partial charge is 0.478 e. The summed E-state index contributed by atoms with van der Waals surface area (Å²) in [5.41, 5.74) is 3.94. The molecule has 4 rings (SSSR count). The van der Waals surface area contributed by atoms with Gasteiger partial charge in [-0.2, -0.15) is 11.8 Å². The average molecular weight is 585 g/mol. The Morgan fingerprint density at radius 3 is 2.05 bits per heavy atom. The molecule has 1 amide bonds. The summed E-state index contributed by atoms with van der Waals surface area (Å²) in [4.78, 5) is 39.5. The van der Waals surface area contributed by atoms with E-state index in [1.807, 2.05) is 42.5 Å². The van der Waals surface area contributed by atoms with E-state index in [1.54, 1.807) is 36.8 Å². The van der Waals surface area contributed by atoms with Crippen LogP contribution in [0.2, 0.25) is 0 Å². The SMILES string of the molecule is O=C(O)c1cccc(CC(SCCNC(=O)c2ccc(CN(Cc3ccccn3)Cc3ccccn3)nc2)B(O)O)c1. The van der Waals surface area contributed by atoms with Crippen LogP contribution in [0.5, 0.6) is 0 Å². The van der Waals surface area contributed by atoms with Gasteiger partial charge < -0.3 is 20.5 Å². The number of amides is 1. The van der Waals surface area contributed by atoms with Crippen molar-refractivity contribution in [2.75, 3.05) is 12.3 Å². The Hall–Kier alpha value is -4.10. The molecule has 3 aromatic heterocycles. The first kappa shape index (κ1) is 30.9. The summed E-state index contributed by atoms with van der Waals surface area (Å²) in [6, 6.07) is 21.6. The minimum atomic E-state index is -1.59. The predicted molar refractivity (Wildman–Crippen MR) is 162 cm³/mol. The quantitative estimate of drug-likeness (QED) is 0.121. The molecule has 0 bridgehead atoms. The molecular formula is C30H32BN5O5S. The molecule has 0 radical (unpaired) electrons. The van der Waals surface area contributed by atoms with Crippen molar-refractivity contribution in [3.8, 4) is 0 Å². The Morgan fingerprint density at radius 1 is 0.833 bits per heavy atom. The van der Waals surface area contributed by atoms with Crippen molar-refractivity contribution in [3.05, 3.63) is 125 Å². The van der Waals surface area contributed by atoms with Crippen LogP contribution in [0.3, 0.4) is 0 Å². The highest BCUT2D eigenvalue weighted by Gasteiger charge is 2.24. The van der Waals surface area contributed by atoms with Crippen LogP contribution in [0.15, 0.2) is 91.4 Å². The third-order valence-electron chi connectivity index (χ3n) is 6.36. The maximum Gasteiger partial charge on any atom is 0.465 e. The van der Waals surface area contributed by atoms with Crippen molar-refractivity contribution >= 4 is 30.8 Å². The second kappa shape index (κ2) is 15.8. The van der Waals surface area contributed by atoms with Crippen LogP contribution in [0.25, 0.3) is 0 Å². The van der Waals surface area contributed by atoms with E-state index in [9.17, 15) is 24.7 Å². The standard InChI is InChI=1S/C30H32BN5O5S/c37-29(34-14-15-42-28(31(40)41)17-22-6-5-7-23(16-22)30(38)39)24-10-11-27(35-18-24)21-36(19-25-8-1-3-12-32-25)20-26-9-2-4-13-33-26/h1-13,16,18,28,40-41H,14-15,17,19-21H2,(H,34,37)(H,38,39). The summed E-state index contributed by atoms with van der Waals surface area (Å²) in [6.45, 7) is 2.10. The number of aromatic nitrogens is 3. The lowest BCUT2D eigenvalue weighted by Crippen LogP contribution is -2.32. The fourth-order valence-electron chi connectivity index (χ4n) is 4.28. The Bertz CT molecular complexity index is 1390. The van der Waals surface area contributed by atoms with Gasteiger partial charge in [0.25, 0.3) is 5.91 Å². The number of aromatic carboxylic acids is 1. The zero-order chi connectivity index (χ0) is 29.7. The fraction of sp³-hybridized carbons (Fsp3) is 0.233. The zero-order valence-electron chi connectivity index (χ0n) is 22.9. The van der Waals surface area contributed by atoms with E-state index >= 15 is 0 Å². The van der Waals surface area contributed by atoms with Gasteiger partial charge in [0, 0.05) is 55.7 Å². The highest BCUT2D eigenvalue weighted by Crippen LogP contribution is 2.19. The third-order valence-corrected chi connectivity index (χ3v) is 7.64.